The Labute approximate surface area is 118 Å². The molecule has 3 aromatic rings. The average Bonchev–Trinajstić information content (AvgIpc) is 2.76. The molecule has 2 N–H and O–H groups in total. The Morgan fingerprint density at radius 3 is 2.55 bits per heavy atom. The molecule has 1 heterocycles. The summed E-state index contributed by atoms with van der Waals surface area (Å²) in [5, 5.41) is 1.18. The summed E-state index contributed by atoms with van der Waals surface area (Å²) in [6.07, 6.45) is 0. The molecule has 2 aromatic carbocycles. The SMILES string of the molecule is Cc1cc2cc(Oc3ccccc3)ccc2n1CCN. The Balaban J connectivity index is 1.95. The molecular formula is C17H18N2O. The normalized spacial score (nSPS) is 10.9. The molecule has 102 valence electrons. The molecular weight excluding hydrogens is 248 g/mol. The predicted molar refractivity (Wildman–Crippen MR) is 82.2 cm³/mol. The van der Waals surface area contributed by atoms with Gasteiger partial charge >= 0.3 is 0 Å². The fourth-order valence-electron chi connectivity index (χ4n) is 2.50. The van der Waals surface area contributed by atoms with Crippen LogP contribution in [0.2, 0.25) is 0 Å². The monoisotopic (exact) mass is 266 g/mol. The molecule has 3 nitrogen and oxygen atoms in total. The van der Waals surface area contributed by atoms with E-state index in [1.807, 2.05) is 36.4 Å². The highest BCUT2D eigenvalue weighted by atomic mass is 16.5. The Hall–Kier alpha value is -2.26. The highest BCUT2D eigenvalue weighted by molar-refractivity contribution is 5.83. The number of hydrogen-bond donors (Lipinski definition) is 1. The van der Waals surface area contributed by atoms with Gasteiger partial charge in [0.25, 0.3) is 0 Å². The van der Waals surface area contributed by atoms with E-state index in [0.29, 0.717) is 6.54 Å². The lowest BCUT2D eigenvalue weighted by molar-refractivity contribution is 0.483. The van der Waals surface area contributed by atoms with Crippen LogP contribution in [0.4, 0.5) is 0 Å². The van der Waals surface area contributed by atoms with Gasteiger partial charge in [-0.2, -0.15) is 0 Å². The van der Waals surface area contributed by atoms with Crippen LogP contribution in [0.25, 0.3) is 10.9 Å². The molecule has 0 radical (unpaired) electrons. The lowest BCUT2D eigenvalue weighted by atomic mass is 10.2. The van der Waals surface area contributed by atoms with Crippen molar-refractivity contribution in [3.8, 4) is 11.5 Å². The molecule has 0 aliphatic carbocycles. The quantitative estimate of drug-likeness (QED) is 0.782. The fourth-order valence-corrected chi connectivity index (χ4v) is 2.50. The fraction of sp³-hybridized carbons (Fsp3) is 0.176. The summed E-state index contributed by atoms with van der Waals surface area (Å²) in [5.74, 6) is 1.71. The van der Waals surface area contributed by atoms with Crippen molar-refractivity contribution < 1.29 is 4.74 Å². The molecule has 0 bridgehead atoms. The first-order valence-corrected chi connectivity index (χ1v) is 6.81. The van der Waals surface area contributed by atoms with E-state index in [0.717, 1.165) is 18.0 Å². The molecule has 3 rings (SSSR count). The van der Waals surface area contributed by atoms with Crippen molar-refractivity contribution in [3.63, 3.8) is 0 Å². The minimum absolute atomic E-state index is 0.646. The van der Waals surface area contributed by atoms with Gasteiger partial charge < -0.3 is 15.0 Å². The smallest absolute Gasteiger partial charge is 0.128 e. The van der Waals surface area contributed by atoms with Crippen molar-refractivity contribution in [3.05, 3.63) is 60.3 Å². The summed E-state index contributed by atoms with van der Waals surface area (Å²) in [5.41, 5.74) is 8.09. The van der Waals surface area contributed by atoms with Gasteiger partial charge in [-0.1, -0.05) is 18.2 Å². The zero-order chi connectivity index (χ0) is 13.9. The van der Waals surface area contributed by atoms with Gasteiger partial charge in [0.2, 0.25) is 0 Å². The Morgan fingerprint density at radius 2 is 1.80 bits per heavy atom. The maximum Gasteiger partial charge on any atom is 0.128 e. The number of nitrogens with two attached hydrogens (primary N) is 1. The third-order valence-electron chi connectivity index (χ3n) is 3.41. The molecule has 20 heavy (non-hydrogen) atoms. The summed E-state index contributed by atoms with van der Waals surface area (Å²) in [6.45, 7) is 3.59. The van der Waals surface area contributed by atoms with Gasteiger partial charge in [-0.05, 0) is 43.3 Å². The number of aryl methyl sites for hydroxylation is 1. The summed E-state index contributed by atoms with van der Waals surface area (Å²) in [6, 6.07) is 18.2. The van der Waals surface area contributed by atoms with Crippen molar-refractivity contribution in [2.45, 2.75) is 13.5 Å². The Morgan fingerprint density at radius 1 is 1.00 bits per heavy atom. The van der Waals surface area contributed by atoms with Crippen LogP contribution in [-0.2, 0) is 6.54 Å². The van der Waals surface area contributed by atoms with Crippen LogP contribution >= 0.6 is 0 Å². The molecule has 3 heteroatoms. The lowest BCUT2D eigenvalue weighted by Crippen LogP contribution is -2.10. The molecule has 0 atom stereocenters. The number of hydrogen-bond acceptors (Lipinski definition) is 2. The third kappa shape index (κ3) is 2.40. The van der Waals surface area contributed by atoms with E-state index in [1.54, 1.807) is 0 Å². The zero-order valence-electron chi connectivity index (χ0n) is 11.5. The highest BCUT2D eigenvalue weighted by Gasteiger charge is 2.06. The van der Waals surface area contributed by atoms with E-state index in [-0.39, 0.29) is 0 Å². The molecule has 0 saturated carbocycles. The maximum absolute atomic E-state index is 5.86. The van der Waals surface area contributed by atoms with Crippen molar-refractivity contribution in [1.82, 2.24) is 4.57 Å². The second kappa shape index (κ2) is 5.39. The van der Waals surface area contributed by atoms with Crippen molar-refractivity contribution in [1.29, 1.82) is 0 Å². The van der Waals surface area contributed by atoms with Crippen molar-refractivity contribution in [2.75, 3.05) is 6.54 Å². The summed E-state index contributed by atoms with van der Waals surface area (Å²) in [4.78, 5) is 0. The van der Waals surface area contributed by atoms with Gasteiger partial charge in [0, 0.05) is 29.7 Å². The van der Waals surface area contributed by atoms with Crippen LogP contribution in [0.15, 0.2) is 54.6 Å². The number of benzene rings is 2. The van der Waals surface area contributed by atoms with Gasteiger partial charge in [-0.25, -0.2) is 0 Å². The van der Waals surface area contributed by atoms with E-state index >= 15 is 0 Å². The molecule has 0 fully saturated rings. The zero-order valence-corrected chi connectivity index (χ0v) is 11.5. The second-order valence-electron chi connectivity index (χ2n) is 4.86. The van der Waals surface area contributed by atoms with Crippen molar-refractivity contribution >= 4 is 10.9 Å². The van der Waals surface area contributed by atoms with Gasteiger partial charge in [0.05, 0.1) is 0 Å². The predicted octanol–water partition coefficient (Wildman–Crippen LogP) is 3.70. The largest absolute Gasteiger partial charge is 0.457 e. The maximum atomic E-state index is 5.86. The van der Waals surface area contributed by atoms with Crippen molar-refractivity contribution in [2.24, 2.45) is 5.73 Å². The lowest BCUT2D eigenvalue weighted by Gasteiger charge is -2.08. The van der Waals surface area contributed by atoms with Crippen LogP contribution in [-0.4, -0.2) is 11.1 Å². The van der Waals surface area contributed by atoms with E-state index in [4.69, 9.17) is 10.5 Å². The molecule has 1 aromatic heterocycles. The van der Waals surface area contributed by atoms with Crippen LogP contribution in [0, 0.1) is 6.92 Å². The van der Waals surface area contributed by atoms with Crippen LogP contribution in [0.5, 0.6) is 11.5 Å². The Kier molecular flexibility index (Phi) is 3.44. The topological polar surface area (TPSA) is 40.2 Å². The van der Waals surface area contributed by atoms with Crippen LogP contribution in [0.1, 0.15) is 5.69 Å². The molecule has 0 aliphatic heterocycles. The number of ether oxygens (including phenoxy) is 1. The number of para-hydroxylation sites is 1. The first-order chi connectivity index (χ1) is 9.78. The molecule has 0 spiro atoms. The average molecular weight is 266 g/mol. The van der Waals surface area contributed by atoms with E-state index in [1.165, 1.54) is 16.6 Å². The van der Waals surface area contributed by atoms with Crippen LogP contribution in [0.3, 0.4) is 0 Å². The minimum Gasteiger partial charge on any atom is -0.457 e. The first kappa shape index (κ1) is 12.8. The second-order valence-corrected chi connectivity index (χ2v) is 4.86. The first-order valence-electron chi connectivity index (χ1n) is 6.81. The summed E-state index contributed by atoms with van der Waals surface area (Å²) >= 11 is 0. The van der Waals surface area contributed by atoms with Gasteiger partial charge in [-0.3, -0.25) is 0 Å². The standard InChI is InChI=1S/C17H18N2O/c1-13-11-14-12-16(20-15-5-3-2-4-6-15)7-8-17(14)19(13)10-9-18/h2-8,11-12H,9-10,18H2,1H3. The summed E-state index contributed by atoms with van der Waals surface area (Å²) < 4.78 is 8.10. The highest BCUT2D eigenvalue weighted by Crippen LogP contribution is 2.27. The number of fused-ring (bicyclic) bond motifs is 1. The molecule has 0 aliphatic rings. The van der Waals surface area contributed by atoms with Gasteiger partial charge in [0.1, 0.15) is 11.5 Å². The Bertz CT molecular complexity index is 716. The summed E-state index contributed by atoms with van der Waals surface area (Å²) in [7, 11) is 0. The van der Waals surface area contributed by atoms with E-state index < -0.39 is 0 Å². The van der Waals surface area contributed by atoms with E-state index in [2.05, 4.69) is 29.7 Å². The molecule has 0 unspecified atom stereocenters. The van der Waals surface area contributed by atoms with E-state index in [9.17, 15) is 0 Å². The molecule has 0 amide bonds. The number of rotatable bonds is 4. The third-order valence-corrected chi connectivity index (χ3v) is 3.41. The van der Waals surface area contributed by atoms with Gasteiger partial charge in [-0.15, -0.1) is 0 Å². The number of nitrogens with zero attached hydrogens (tertiary/aromatic N) is 1. The number of aromatic nitrogens is 1. The van der Waals surface area contributed by atoms with Crippen LogP contribution < -0.4 is 10.5 Å². The van der Waals surface area contributed by atoms with Gasteiger partial charge in [0.15, 0.2) is 0 Å². The minimum atomic E-state index is 0.646. The molecule has 0 saturated heterocycles.